The predicted octanol–water partition coefficient (Wildman–Crippen LogP) is 2.78. The Morgan fingerprint density at radius 3 is 2.60 bits per heavy atom. The molecule has 1 fully saturated rings. The fourth-order valence-electron chi connectivity index (χ4n) is 2.82. The molecule has 4 nitrogen and oxygen atoms in total. The first-order valence-corrected chi connectivity index (χ1v) is 9.04. The van der Waals surface area contributed by atoms with Crippen molar-refractivity contribution in [2.75, 3.05) is 30.6 Å². The van der Waals surface area contributed by atoms with E-state index in [1.54, 1.807) is 0 Å². The van der Waals surface area contributed by atoms with Crippen molar-refractivity contribution >= 4 is 32.8 Å². The van der Waals surface area contributed by atoms with Gasteiger partial charge in [0.2, 0.25) is 0 Å². The van der Waals surface area contributed by atoms with Crippen LogP contribution in [0.1, 0.15) is 19.3 Å². The van der Waals surface area contributed by atoms with Gasteiger partial charge < -0.3 is 10.2 Å². The number of sulfone groups is 1. The standard InChI is InChI=1S/C14H21ClN2O2S/c1-17(2)13-8-7-10(15)9-12(13)16-11-5-4-6-14(11)20(3,18)19/h7-9,11,14,16H,4-6H2,1-3H3. The molecule has 0 amide bonds. The summed E-state index contributed by atoms with van der Waals surface area (Å²) in [6.07, 6.45) is 3.86. The molecule has 1 aromatic rings. The van der Waals surface area contributed by atoms with Gasteiger partial charge in [0, 0.05) is 31.4 Å². The van der Waals surface area contributed by atoms with Crippen molar-refractivity contribution in [1.82, 2.24) is 0 Å². The molecule has 1 N–H and O–H groups in total. The van der Waals surface area contributed by atoms with E-state index in [4.69, 9.17) is 11.6 Å². The van der Waals surface area contributed by atoms with Gasteiger partial charge in [-0.05, 0) is 37.5 Å². The topological polar surface area (TPSA) is 49.4 Å². The van der Waals surface area contributed by atoms with Crippen LogP contribution in [0.2, 0.25) is 5.02 Å². The molecular weight excluding hydrogens is 296 g/mol. The lowest BCUT2D eigenvalue weighted by molar-refractivity contribution is 0.579. The van der Waals surface area contributed by atoms with E-state index < -0.39 is 9.84 Å². The van der Waals surface area contributed by atoms with Crippen molar-refractivity contribution in [1.29, 1.82) is 0 Å². The highest BCUT2D eigenvalue weighted by Gasteiger charge is 2.35. The van der Waals surface area contributed by atoms with Gasteiger partial charge in [0.05, 0.1) is 16.6 Å². The molecule has 0 aromatic heterocycles. The highest BCUT2D eigenvalue weighted by molar-refractivity contribution is 7.91. The number of nitrogens with one attached hydrogen (secondary N) is 1. The zero-order valence-electron chi connectivity index (χ0n) is 12.1. The lowest BCUT2D eigenvalue weighted by Gasteiger charge is -2.25. The summed E-state index contributed by atoms with van der Waals surface area (Å²) in [6, 6.07) is 5.59. The van der Waals surface area contributed by atoms with Crippen molar-refractivity contribution < 1.29 is 8.42 Å². The third-order valence-corrected chi connectivity index (χ3v) is 5.68. The fourth-order valence-corrected chi connectivity index (χ4v) is 4.39. The number of hydrogen-bond donors (Lipinski definition) is 1. The van der Waals surface area contributed by atoms with Crippen LogP contribution >= 0.6 is 11.6 Å². The molecular formula is C14H21ClN2O2S. The Bertz CT molecular complexity index is 587. The van der Waals surface area contributed by atoms with E-state index in [1.165, 1.54) is 6.26 Å². The molecule has 112 valence electrons. The number of hydrogen-bond acceptors (Lipinski definition) is 4. The van der Waals surface area contributed by atoms with Crippen LogP contribution in [-0.4, -0.2) is 40.1 Å². The third kappa shape index (κ3) is 3.38. The summed E-state index contributed by atoms with van der Waals surface area (Å²) in [4.78, 5) is 1.99. The summed E-state index contributed by atoms with van der Waals surface area (Å²) < 4.78 is 23.7. The highest BCUT2D eigenvalue weighted by Crippen LogP contribution is 2.33. The minimum absolute atomic E-state index is 0.0397. The monoisotopic (exact) mass is 316 g/mol. The first-order chi connectivity index (χ1) is 9.29. The Balaban J connectivity index is 2.27. The lowest BCUT2D eigenvalue weighted by atomic mass is 10.2. The van der Waals surface area contributed by atoms with Crippen LogP contribution in [0, 0.1) is 0 Å². The van der Waals surface area contributed by atoms with Crippen LogP contribution in [0.25, 0.3) is 0 Å². The van der Waals surface area contributed by atoms with Gasteiger partial charge in [-0.2, -0.15) is 0 Å². The third-order valence-electron chi connectivity index (χ3n) is 3.78. The van der Waals surface area contributed by atoms with E-state index in [1.807, 2.05) is 37.2 Å². The van der Waals surface area contributed by atoms with E-state index in [9.17, 15) is 8.42 Å². The Kier molecular flexibility index (Phi) is 4.49. The van der Waals surface area contributed by atoms with Gasteiger partial charge >= 0.3 is 0 Å². The molecule has 0 aliphatic heterocycles. The summed E-state index contributed by atoms with van der Waals surface area (Å²) in [5, 5.41) is 3.72. The second-order valence-electron chi connectivity index (χ2n) is 5.61. The average Bonchev–Trinajstić information content (AvgIpc) is 2.76. The van der Waals surface area contributed by atoms with Gasteiger partial charge in [-0.1, -0.05) is 11.6 Å². The van der Waals surface area contributed by atoms with E-state index in [0.717, 1.165) is 30.6 Å². The maximum Gasteiger partial charge on any atom is 0.152 e. The predicted molar refractivity (Wildman–Crippen MR) is 85.7 cm³/mol. The molecule has 1 aromatic carbocycles. The minimum Gasteiger partial charge on any atom is -0.379 e. The van der Waals surface area contributed by atoms with Gasteiger partial charge in [-0.25, -0.2) is 8.42 Å². The van der Waals surface area contributed by atoms with Gasteiger partial charge in [0.15, 0.2) is 9.84 Å². The number of anilines is 2. The van der Waals surface area contributed by atoms with Crippen LogP contribution in [0.15, 0.2) is 18.2 Å². The Morgan fingerprint density at radius 2 is 2.00 bits per heavy atom. The van der Waals surface area contributed by atoms with Gasteiger partial charge in [0.25, 0.3) is 0 Å². The summed E-state index contributed by atoms with van der Waals surface area (Å²) in [5.41, 5.74) is 1.90. The van der Waals surface area contributed by atoms with Crippen LogP contribution in [0.4, 0.5) is 11.4 Å². The molecule has 1 aliphatic carbocycles. The van der Waals surface area contributed by atoms with E-state index in [2.05, 4.69) is 5.32 Å². The normalized spacial score (nSPS) is 22.8. The Morgan fingerprint density at radius 1 is 1.30 bits per heavy atom. The van der Waals surface area contributed by atoms with Crippen molar-refractivity contribution in [3.8, 4) is 0 Å². The summed E-state index contributed by atoms with van der Waals surface area (Å²) in [6.45, 7) is 0. The van der Waals surface area contributed by atoms with Crippen LogP contribution < -0.4 is 10.2 Å². The highest BCUT2D eigenvalue weighted by atomic mass is 35.5. The molecule has 1 aliphatic rings. The second kappa shape index (κ2) is 5.82. The first kappa shape index (κ1) is 15.4. The second-order valence-corrected chi connectivity index (χ2v) is 8.31. The minimum atomic E-state index is -3.02. The molecule has 0 radical (unpaired) electrons. The molecule has 0 heterocycles. The molecule has 2 atom stereocenters. The molecule has 6 heteroatoms. The zero-order chi connectivity index (χ0) is 14.9. The fraction of sp³-hybridized carbons (Fsp3) is 0.571. The van der Waals surface area contributed by atoms with E-state index >= 15 is 0 Å². The molecule has 2 rings (SSSR count). The largest absolute Gasteiger partial charge is 0.379 e. The number of benzene rings is 1. The maximum atomic E-state index is 11.8. The maximum absolute atomic E-state index is 11.8. The number of nitrogens with zero attached hydrogens (tertiary/aromatic N) is 1. The van der Waals surface area contributed by atoms with Gasteiger partial charge in [-0.3, -0.25) is 0 Å². The molecule has 1 saturated carbocycles. The van der Waals surface area contributed by atoms with Crippen LogP contribution in [0.5, 0.6) is 0 Å². The van der Waals surface area contributed by atoms with Crippen molar-refractivity contribution in [3.63, 3.8) is 0 Å². The Labute approximate surface area is 126 Å². The van der Waals surface area contributed by atoms with Crippen LogP contribution in [0.3, 0.4) is 0 Å². The van der Waals surface area contributed by atoms with Crippen molar-refractivity contribution in [2.24, 2.45) is 0 Å². The van der Waals surface area contributed by atoms with Gasteiger partial charge in [0.1, 0.15) is 0 Å². The molecule has 20 heavy (non-hydrogen) atoms. The summed E-state index contributed by atoms with van der Waals surface area (Å²) in [5.74, 6) is 0. The first-order valence-electron chi connectivity index (χ1n) is 6.71. The van der Waals surface area contributed by atoms with Crippen molar-refractivity contribution in [2.45, 2.75) is 30.6 Å². The number of rotatable bonds is 4. The quantitative estimate of drug-likeness (QED) is 0.928. The van der Waals surface area contributed by atoms with Crippen molar-refractivity contribution in [3.05, 3.63) is 23.2 Å². The zero-order valence-corrected chi connectivity index (χ0v) is 13.6. The molecule has 0 saturated heterocycles. The average molecular weight is 317 g/mol. The number of halogens is 1. The molecule has 0 spiro atoms. The van der Waals surface area contributed by atoms with Crippen LogP contribution in [-0.2, 0) is 9.84 Å². The molecule has 2 unspecified atom stereocenters. The van der Waals surface area contributed by atoms with E-state index in [0.29, 0.717) is 5.02 Å². The smallest absolute Gasteiger partial charge is 0.152 e. The summed E-state index contributed by atoms with van der Waals surface area (Å²) >= 11 is 6.06. The summed E-state index contributed by atoms with van der Waals surface area (Å²) in [7, 11) is 0.887. The van der Waals surface area contributed by atoms with E-state index in [-0.39, 0.29) is 11.3 Å². The SMILES string of the molecule is CN(C)c1ccc(Cl)cc1NC1CCCC1S(C)(=O)=O. The Hall–Kier alpha value is -0.940. The molecule has 0 bridgehead atoms. The lowest BCUT2D eigenvalue weighted by Crippen LogP contribution is -2.34. The van der Waals surface area contributed by atoms with Gasteiger partial charge in [-0.15, -0.1) is 0 Å².